The number of aromatic nitrogens is 1. The lowest BCUT2D eigenvalue weighted by Gasteiger charge is -1.96. The summed E-state index contributed by atoms with van der Waals surface area (Å²) in [4.78, 5) is 10.4. The molecule has 0 aliphatic carbocycles. The highest BCUT2D eigenvalue weighted by Crippen LogP contribution is 2.21. The van der Waals surface area contributed by atoms with Crippen LogP contribution in [0.1, 0.15) is 0 Å². The Morgan fingerprint density at radius 1 is 1.27 bits per heavy atom. The van der Waals surface area contributed by atoms with Gasteiger partial charge in [0.15, 0.2) is 6.20 Å². The minimum Gasteiger partial charge on any atom is -1.00 e. The van der Waals surface area contributed by atoms with Crippen LogP contribution in [-0.2, 0) is 7.05 Å². The molecule has 0 radical (unpaired) electrons. The SMILES string of the molecule is C[n+]1cccc2c([N+](=O)[O-])cccc21.[I-]. The first kappa shape index (κ1) is 11.8. The third-order valence-electron chi connectivity index (χ3n) is 2.21. The van der Waals surface area contributed by atoms with E-state index < -0.39 is 0 Å². The number of aryl methyl sites for hydroxylation is 1. The summed E-state index contributed by atoms with van der Waals surface area (Å²) in [6.07, 6.45) is 1.87. The van der Waals surface area contributed by atoms with E-state index in [2.05, 4.69) is 0 Å². The first-order chi connectivity index (χ1) is 6.70. The van der Waals surface area contributed by atoms with Crippen LogP contribution >= 0.6 is 0 Å². The number of nitro groups is 1. The summed E-state index contributed by atoms with van der Waals surface area (Å²) in [5, 5.41) is 11.4. The molecule has 78 valence electrons. The van der Waals surface area contributed by atoms with Crippen molar-refractivity contribution in [3.63, 3.8) is 0 Å². The number of nitro benzene ring substituents is 1. The van der Waals surface area contributed by atoms with E-state index in [0.29, 0.717) is 5.39 Å². The van der Waals surface area contributed by atoms with Crippen LogP contribution in [0.4, 0.5) is 5.69 Å². The van der Waals surface area contributed by atoms with E-state index >= 15 is 0 Å². The quantitative estimate of drug-likeness (QED) is 0.281. The van der Waals surface area contributed by atoms with Crippen molar-refractivity contribution in [3.05, 3.63) is 46.6 Å². The van der Waals surface area contributed by atoms with E-state index in [1.165, 1.54) is 6.07 Å². The van der Waals surface area contributed by atoms with E-state index in [9.17, 15) is 10.1 Å². The van der Waals surface area contributed by atoms with Crippen LogP contribution < -0.4 is 28.5 Å². The molecule has 0 saturated carbocycles. The molecular weight excluding hydrogens is 307 g/mol. The maximum atomic E-state index is 10.7. The fraction of sp³-hybridized carbons (Fsp3) is 0.100. The van der Waals surface area contributed by atoms with Gasteiger partial charge in [0.1, 0.15) is 12.4 Å². The topological polar surface area (TPSA) is 47.0 Å². The Morgan fingerprint density at radius 2 is 2.00 bits per heavy atom. The molecule has 0 fully saturated rings. The fourth-order valence-electron chi connectivity index (χ4n) is 1.53. The molecule has 0 atom stereocenters. The molecule has 0 bridgehead atoms. The average molecular weight is 316 g/mol. The molecule has 0 spiro atoms. The minimum atomic E-state index is -0.359. The van der Waals surface area contributed by atoms with Crippen LogP contribution in [0, 0.1) is 10.1 Å². The molecule has 0 aliphatic heterocycles. The van der Waals surface area contributed by atoms with Gasteiger partial charge in [0, 0.05) is 18.2 Å². The number of benzene rings is 1. The first-order valence-corrected chi connectivity index (χ1v) is 4.22. The van der Waals surface area contributed by atoms with Gasteiger partial charge in [-0.3, -0.25) is 10.1 Å². The van der Waals surface area contributed by atoms with Crippen LogP contribution in [0.3, 0.4) is 0 Å². The van der Waals surface area contributed by atoms with Gasteiger partial charge < -0.3 is 24.0 Å². The van der Waals surface area contributed by atoms with Crippen molar-refractivity contribution in [3.8, 4) is 0 Å². The molecule has 1 aromatic heterocycles. The predicted octanol–water partition coefficient (Wildman–Crippen LogP) is -1.42. The number of pyridine rings is 1. The van der Waals surface area contributed by atoms with Crippen molar-refractivity contribution in [1.29, 1.82) is 0 Å². The van der Waals surface area contributed by atoms with Gasteiger partial charge in [-0.25, -0.2) is 4.57 Å². The average Bonchev–Trinajstić information content (AvgIpc) is 2.17. The standard InChI is InChI=1S/C10H9N2O2.HI/c1-11-7-3-4-8-9(11)5-2-6-10(8)12(13)14;/h2-7H,1H3;1H/q+1;/p-1. The minimum absolute atomic E-state index is 0. The van der Waals surface area contributed by atoms with Gasteiger partial charge in [-0.1, -0.05) is 0 Å². The smallest absolute Gasteiger partial charge is 0.283 e. The lowest BCUT2D eigenvalue weighted by atomic mass is 10.2. The van der Waals surface area contributed by atoms with E-state index in [4.69, 9.17) is 0 Å². The molecule has 0 amide bonds. The number of fused-ring (bicyclic) bond motifs is 1. The second-order valence-corrected chi connectivity index (χ2v) is 3.09. The number of nitrogens with zero attached hydrogens (tertiary/aromatic N) is 2. The molecule has 2 aromatic rings. The van der Waals surface area contributed by atoms with Gasteiger partial charge in [0.25, 0.3) is 5.69 Å². The highest BCUT2D eigenvalue weighted by molar-refractivity contribution is 5.85. The summed E-state index contributed by atoms with van der Waals surface area (Å²) in [5.41, 5.74) is 1.01. The van der Waals surface area contributed by atoms with E-state index in [1.54, 1.807) is 18.2 Å². The molecular formula is C10H9IN2O2. The van der Waals surface area contributed by atoms with Gasteiger partial charge >= 0.3 is 0 Å². The molecule has 4 nitrogen and oxygen atoms in total. The number of hydrogen-bond donors (Lipinski definition) is 0. The summed E-state index contributed by atoms with van der Waals surface area (Å²) < 4.78 is 1.86. The molecule has 2 rings (SSSR count). The van der Waals surface area contributed by atoms with Gasteiger partial charge in [-0.2, -0.15) is 0 Å². The van der Waals surface area contributed by atoms with E-state index in [0.717, 1.165) is 5.52 Å². The largest absolute Gasteiger partial charge is 1.00 e. The summed E-state index contributed by atoms with van der Waals surface area (Å²) in [5.74, 6) is 0. The number of rotatable bonds is 1. The van der Waals surface area contributed by atoms with Crippen molar-refractivity contribution >= 4 is 16.6 Å². The predicted molar refractivity (Wildman–Crippen MR) is 51.8 cm³/mol. The Kier molecular flexibility index (Phi) is 3.57. The Balaban J connectivity index is 0.00000112. The number of hydrogen-bond acceptors (Lipinski definition) is 2. The lowest BCUT2D eigenvalue weighted by Crippen LogP contribution is -3.00. The van der Waals surface area contributed by atoms with Crippen molar-refractivity contribution in [2.75, 3.05) is 0 Å². The summed E-state index contributed by atoms with van der Waals surface area (Å²) in [7, 11) is 1.87. The Bertz CT molecular complexity index is 514. The number of non-ortho nitro benzene ring substituents is 1. The lowest BCUT2D eigenvalue weighted by molar-refractivity contribution is -0.645. The van der Waals surface area contributed by atoms with Crippen molar-refractivity contribution in [2.45, 2.75) is 0 Å². The van der Waals surface area contributed by atoms with Gasteiger partial charge in [0.2, 0.25) is 5.52 Å². The second kappa shape index (κ2) is 4.52. The van der Waals surface area contributed by atoms with Crippen LogP contribution in [0.5, 0.6) is 0 Å². The highest BCUT2D eigenvalue weighted by Gasteiger charge is 2.15. The zero-order valence-electron chi connectivity index (χ0n) is 8.05. The summed E-state index contributed by atoms with van der Waals surface area (Å²) >= 11 is 0. The zero-order chi connectivity index (χ0) is 10.1. The third kappa shape index (κ3) is 2.06. The van der Waals surface area contributed by atoms with Crippen molar-refractivity contribution < 1.29 is 33.5 Å². The van der Waals surface area contributed by atoms with Crippen LogP contribution in [0.25, 0.3) is 10.9 Å². The van der Waals surface area contributed by atoms with E-state index in [1.807, 2.05) is 23.9 Å². The van der Waals surface area contributed by atoms with Gasteiger partial charge in [0.05, 0.1) is 4.92 Å². The molecule has 0 saturated heterocycles. The normalized spacial score (nSPS) is 9.67. The third-order valence-corrected chi connectivity index (χ3v) is 2.21. The fourth-order valence-corrected chi connectivity index (χ4v) is 1.53. The van der Waals surface area contributed by atoms with Gasteiger partial charge in [-0.05, 0) is 12.1 Å². The van der Waals surface area contributed by atoms with Crippen molar-refractivity contribution in [2.24, 2.45) is 7.05 Å². The molecule has 0 unspecified atom stereocenters. The molecule has 1 heterocycles. The zero-order valence-corrected chi connectivity index (χ0v) is 10.2. The Hall–Kier alpha value is -1.24. The highest BCUT2D eigenvalue weighted by atomic mass is 127. The monoisotopic (exact) mass is 316 g/mol. The Labute approximate surface area is 104 Å². The maximum absolute atomic E-state index is 10.7. The molecule has 1 aromatic carbocycles. The Morgan fingerprint density at radius 3 is 2.67 bits per heavy atom. The summed E-state index contributed by atoms with van der Waals surface area (Å²) in [6.45, 7) is 0. The molecule has 0 aliphatic rings. The number of halogens is 1. The second-order valence-electron chi connectivity index (χ2n) is 3.09. The first-order valence-electron chi connectivity index (χ1n) is 4.22. The van der Waals surface area contributed by atoms with Crippen molar-refractivity contribution in [1.82, 2.24) is 0 Å². The molecule has 15 heavy (non-hydrogen) atoms. The van der Waals surface area contributed by atoms with Crippen LogP contribution in [-0.4, -0.2) is 4.92 Å². The van der Waals surface area contributed by atoms with E-state index in [-0.39, 0.29) is 34.6 Å². The van der Waals surface area contributed by atoms with Crippen LogP contribution in [0.15, 0.2) is 36.5 Å². The van der Waals surface area contributed by atoms with Gasteiger partial charge in [-0.15, -0.1) is 0 Å². The maximum Gasteiger partial charge on any atom is 0.283 e. The molecule has 5 heteroatoms. The van der Waals surface area contributed by atoms with Crippen LogP contribution in [0.2, 0.25) is 0 Å². The summed E-state index contributed by atoms with van der Waals surface area (Å²) in [6, 6.07) is 8.63. The molecule has 0 N–H and O–H groups in total.